The van der Waals surface area contributed by atoms with Crippen LogP contribution < -0.4 is 4.74 Å². The molecule has 0 bridgehead atoms. The van der Waals surface area contributed by atoms with Gasteiger partial charge in [-0.1, -0.05) is 11.6 Å². The van der Waals surface area contributed by atoms with Crippen LogP contribution in [-0.2, 0) is 23.9 Å². The predicted molar refractivity (Wildman–Crippen MR) is 98.4 cm³/mol. The third-order valence-corrected chi connectivity index (χ3v) is 4.52. The predicted octanol–water partition coefficient (Wildman–Crippen LogP) is 2.45. The van der Waals surface area contributed by atoms with Gasteiger partial charge in [-0.25, -0.2) is 4.79 Å². The van der Waals surface area contributed by atoms with Gasteiger partial charge in [-0.15, -0.1) is 0 Å². The number of benzene rings is 1. The van der Waals surface area contributed by atoms with E-state index in [1.54, 1.807) is 43.0 Å². The first-order valence-electron chi connectivity index (χ1n) is 8.94. The second kappa shape index (κ2) is 10.2. The molecule has 0 N–H and O–H groups in total. The average molecular weight is 398 g/mol. The first-order chi connectivity index (χ1) is 12.9. The van der Waals surface area contributed by atoms with E-state index in [1.807, 2.05) is 0 Å². The van der Waals surface area contributed by atoms with E-state index in [-0.39, 0.29) is 24.4 Å². The summed E-state index contributed by atoms with van der Waals surface area (Å²) in [6.07, 6.45) is 0.247. The molecule has 8 heteroatoms. The third kappa shape index (κ3) is 6.43. The molecule has 1 aromatic carbocycles. The molecule has 0 radical (unpaired) electrons. The van der Waals surface area contributed by atoms with Crippen molar-refractivity contribution in [2.45, 2.75) is 32.8 Å². The number of rotatable bonds is 7. The van der Waals surface area contributed by atoms with Crippen molar-refractivity contribution in [3.8, 4) is 5.75 Å². The highest BCUT2D eigenvalue weighted by atomic mass is 35.5. The summed E-state index contributed by atoms with van der Waals surface area (Å²) in [6.45, 7) is 4.20. The maximum Gasteiger partial charge on any atom is 0.347 e. The van der Waals surface area contributed by atoms with Gasteiger partial charge in [0.15, 0.2) is 12.7 Å². The fourth-order valence-electron chi connectivity index (χ4n) is 2.73. The molecule has 0 aromatic heterocycles. The molecule has 1 atom stereocenters. The molecule has 1 aliphatic heterocycles. The molecule has 1 amide bonds. The third-order valence-electron chi connectivity index (χ3n) is 4.26. The van der Waals surface area contributed by atoms with Crippen molar-refractivity contribution in [3.63, 3.8) is 0 Å². The maximum absolute atomic E-state index is 12.2. The number of ether oxygens (including phenoxy) is 3. The number of hydrogen-bond donors (Lipinski definition) is 0. The summed E-state index contributed by atoms with van der Waals surface area (Å²) >= 11 is 5.80. The first-order valence-corrected chi connectivity index (χ1v) is 9.31. The zero-order valence-corrected chi connectivity index (χ0v) is 16.2. The minimum Gasteiger partial charge on any atom is -0.479 e. The van der Waals surface area contributed by atoms with Crippen LogP contribution in [0, 0.1) is 5.92 Å². The van der Waals surface area contributed by atoms with Crippen molar-refractivity contribution in [1.29, 1.82) is 0 Å². The SMILES string of the molecule is CCOC(=O)C1CCN(C(=O)COC(=O)C(C)Oc2ccc(Cl)cc2)CC1. The summed E-state index contributed by atoms with van der Waals surface area (Å²) in [5, 5.41) is 0.565. The van der Waals surface area contributed by atoms with Crippen molar-refractivity contribution in [2.24, 2.45) is 5.92 Å². The maximum atomic E-state index is 12.2. The van der Waals surface area contributed by atoms with Crippen molar-refractivity contribution in [3.05, 3.63) is 29.3 Å². The fourth-order valence-corrected chi connectivity index (χ4v) is 2.86. The minimum absolute atomic E-state index is 0.177. The Morgan fingerprint density at radius 1 is 1.15 bits per heavy atom. The Hall–Kier alpha value is -2.28. The number of carbonyl (C=O) groups excluding carboxylic acids is 3. The number of carbonyl (C=O) groups is 3. The van der Waals surface area contributed by atoms with E-state index >= 15 is 0 Å². The van der Waals surface area contributed by atoms with E-state index in [2.05, 4.69) is 0 Å². The molecular formula is C19H24ClNO6. The number of likely N-dealkylation sites (tertiary alicyclic amines) is 1. The van der Waals surface area contributed by atoms with E-state index in [4.69, 9.17) is 25.8 Å². The van der Waals surface area contributed by atoms with Gasteiger partial charge < -0.3 is 19.1 Å². The van der Waals surface area contributed by atoms with Crippen LogP contribution in [0.3, 0.4) is 0 Å². The van der Waals surface area contributed by atoms with Crippen molar-refractivity contribution < 1.29 is 28.6 Å². The summed E-state index contributed by atoms with van der Waals surface area (Å²) in [5.74, 6) is -0.825. The molecule has 1 fully saturated rings. The van der Waals surface area contributed by atoms with E-state index in [9.17, 15) is 14.4 Å². The van der Waals surface area contributed by atoms with Crippen LogP contribution in [0.4, 0.5) is 0 Å². The number of piperidine rings is 1. The lowest BCUT2D eigenvalue weighted by atomic mass is 9.97. The van der Waals surface area contributed by atoms with Gasteiger partial charge in [0.1, 0.15) is 5.75 Å². The van der Waals surface area contributed by atoms with Gasteiger partial charge in [-0.05, 0) is 51.0 Å². The van der Waals surface area contributed by atoms with Gasteiger partial charge in [0.2, 0.25) is 0 Å². The zero-order chi connectivity index (χ0) is 19.8. The highest BCUT2D eigenvalue weighted by Gasteiger charge is 2.29. The average Bonchev–Trinajstić information content (AvgIpc) is 2.67. The molecule has 1 unspecified atom stereocenters. The molecule has 0 saturated carbocycles. The summed E-state index contributed by atoms with van der Waals surface area (Å²) in [7, 11) is 0. The Labute approximate surface area is 163 Å². The van der Waals surface area contributed by atoms with Crippen LogP contribution in [-0.4, -0.2) is 55.2 Å². The topological polar surface area (TPSA) is 82.1 Å². The van der Waals surface area contributed by atoms with Gasteiger partial charge in [-0.3, -0.25) is 9.59 Å². The van der Waals surface area contributed by atoms with E-state index in [0.29, 0.717) is 43.3 Å². The highest BCUT2D eigenvalue weighted by Crippen LogP contribution is 2.19. The molecule has 27 heavy (non-hydrogen) atoms. The number of amides is 1. The minimum atomic E-state index is -0.853. The number of esters is 2. The molecule has 1 aromatic rings. The lowest BCUT2D eigenvalue weighted by Gasteiger charge is -2.30. The second-order valence-electron chi connectivity index (χ2n) is 6.23. The molecule has 1 aliphatic rings. The van der Waals surface area contributed by atoms with E-state index in [0.717, 1.165) is 0 Å². The molecular weight excluding hydrogens is 374 g/mol. The fraction of sp³-hybridized carbons (Fsp3) is 0.526. The van der Waals surface area contributed by atoms with Gasteiger partial charge in [0, 0.05) is 18.1 Å². The van der Waals surface area contributed by atoms with Crippen LogP contribution >= 0.6 is 11.6 Å². The Morgan fingerprint density at radius 3 is 2.37 bits per heavy atom. The molecule has 148 valence electrons. The van der Waals surface area contributed by atoms with Gasteiger partial charge in [-0.2, -0.15) is 0 Å². The van der Waals surface area contributed by atoms with Crippen LogP contribution in [0.5, 0.6) is 5.75 Å². The van der Waals surface area contributed by atoms with Crippen LogP contribution in [0.2, 0.25) is 5.02 Å². The van der Waals surface area contributed by atoms with Crippen molar-refractivity contribution in [2.75, 3.05) is 26.3 Å². The van der Waals surface area contributed by atoms with Gasteiger partial charge >= 0.3 is 11.9 Å². The number of nitrogens with zero attached hydrogens (tertiary/aromatic N) is 1. The smallest absolute Gasteiger partial charge is 0.347 e. The van der Waals surface area contributed by atoms with Gasteiger partial charge in [0.05, 0.1) is 12.5 Å². The molecule has 1 heterocycles. The zero-order valence-electron chi connectivity index (χ0n) is 15.5. The van der Waals surface area contributed by atoms with Crippen molar-refractivity contribution in [1.82, 2.24) is 4.90 Å². The monoisotopic (exact) mass is 397 g/mol. The Bertz CT molecular complexity index is 655. The van der Waals surface area contributed by atoms with Crippen LogP contribution in [0.1, 0.15) is 26.7 Å². The normalized spacial score (nSPS) is 15.7. The van der Waals surface area contributed by atoms with Crippen LogP contribution in [0.25, 0.3) is 0 Å². The Kier molecular flexibility index (Phi) is 7.91. The summed E-state index contributed by atoms with van der Waals surface area (Å²) in [4.78, 5) is 37.5. The van der Waals surface area contributed by atoms with E-state index in [1.165, 1.54) is 0 Å². The number of halogens is 1. The lowest BCUT2D eigenvalue weighted by molar-refractivity contribution is -0.158. The summed E-state index contributed by atoms with van der Waals surface area (Å²) in [5.41, 5.74) is 0. The molecule has 0 spiro atoms. The first kappa shape index (κ1) is 21.0. The number of hydrogen-bond acceptors (Lipinski definition) is 6. The van der Waals surface area contributed by atoms with E-state index < -0.39 is 12.1 Å². The summed E-state index contributed by atoms with van der Waals surface area (Å²) < 4.78 is 15.5. The van der Waals surface area contributed by atoms with Crippen molar-refractivity contribution >= 4 is 29.4 Å². The molecule has 2 rings (SSSR count). The lowest BCUT2D eigenvalue weighted by Crippen LogP contribution is -2.43. The summed E-state index contributed by atoms with van der Waals surface area (Å²) in [6, 6.07) is 6.59. The highest BCUT2D eigenvalue weighted by molar-refractivity contribution is 6.30. The van der Waals surface area contributed by atoms with Crippen LogP contribution in [0.15, 0.2) is 24.3 Å². The standard InChI is InChI=1S/C19H24ClNO6/c1-3-25-19(24)14-8-10-21(11-9-14)17(22)12-26-18(23)13(2)27-16-6-4-15(20)5-7-16/h4-7,13-14H,3,8-12H2,1-2H3. The largest absolute Gasteiger partial charge is 0.479 e. The quantitative estimate of drug-likeness (QED) is 0.657. The molecule has 1 saturated heterocycles. The molecule has 7 nitrogen and oxygen atoms in total. The van der Waals surface area contributed by atoms with Gasteiger partial charge in [0.25, 0.3) is 5.91 Å². The Morgan fingerprint density at radius 2 is 1.78 bits per heavy atom. The second-order valence-corrected chi connectivity index (χ2v) is 6.67. The molecule has 0 aliphatic carbocycles. The Balaban J connectivity index is 1.72.